The number of Topliss-reactive ketones (excluding diaryl/α,β-unsaturated/α-hetero) is 1. The van der Waals surface area contributed by atoms with Crippen molar-refractivity contribution in [3.63, 3.8) is 0 Å². The Kier molecular flexibility index (Phi) is 7.82. The largest absolute Gasteiger partial charge is 0.460 e. The molecule has 1 N–H and O–H groups in total. The van der Waals surface area contributed by atoms with E-state index < -0.39 is 24.0 Å². The van der Waals surface area contributed by atoms with Gasteiger partial charge in [0.1, 0.15) is 17.8 Å². The lowest BCUT2D eigenvalue weighted by Gasteiger charge is -2.20. The van der Waals surface area contributed by atoms with E-state index in [0.29, 0.717) is 0 Å². The fraction of sp³-hybridized carbons (Fsp3) is 0.846. The van der Waals surface area contributed by atoms with Crippen LogP contribution in [0.5, 0.6) is 0 Å². The maximum absolute atomic E-state index is 11.6. The first kappa shape index (κ1) is 18.0. The average molecular weight is 276 g/mol. The third kappa shape index (κ3) is 9.58. The van der Waals surface area contributed by atoms with E-state index in [1.807, 2.05) is 0 Å². The molecule has 0 aliphatic rings. The van der Waals surface area contributed by atoms with E-state index in [2.05, 4.69) is 0 Å². The second kappa shape index (κ2) is 8.24. The molecule has 0 aromatic rings. The Morgan fingerprint density at radius 1 is 1.16 bits per heavy atom. The fourth-order valence-corrected chi connectivity index (χ4v) is 1.47. The minimum Gasteiger partial charge on any atom is -0.460 e. The molecule has 0 spiro atoms. The van der Waals surface area contributed by atoms with Crippen molar-refractivity contribution in [2.75, 3.05) is 14.2 Å². The maximum atomic E-state index is 11.6. The van der Waals surface area contributed by atoms with Crippen LogP contribution in [0.2, 0.25) is 0 Å². The molecule has 0 aliphatic carbocycles. The molecule has 0 fully saturated rings. The van der Waals surface area contributed by atoms with Gasteiger partial charge in [-0.2, -0.15) is 0 Å². The summed E-state index contributed by atoms with van der Waals surface area (Å²) in [7, 11) is 2.90. The summed E-state index contributed by atoms with van der Waals surface area (Å²) >= 11 is 0. The van der Waals surface area contributed by atoms with Gasteiger partial charge < -0.3 is 19.3 Å². The van der Waals surface area contributed by atoms with E-state index in [1.54, 1.807) is 20.8 Å². The van der Waals surface area contributed by atoms with E-state index in [9.17, 15) is 14.7 Å². The molecule has 19 heavy (non-hydrogen) atoms. The highest BCUT2D eigenvalue weighted by atomic mass is 16.7. The summed E-state index contributed by atoms with van der Waals surface area (Å²) in [5, 5.41) is 9.66. The monoisotopic (exact) mass is 276 g/mol. The Morgan fingerprint density at radius 3 is 2.11 bits per heavy atom. The molecule has 0 bridgehead atoms. The molecular weight excluding hydrogens is 252 g/mol. The summed E-state index contributed by atoms with van der Waals surface area (Å²) in [6.07, 6.45) is -1.75. The van der Waals surface area contributed by atoms with Crippen molar-refractivity contribution in [2.24, 2.45) is 0 Å². The molecule has 112 valence electrons. The van der Waals surface area contributed by atoms with Crippen LogP contribution in [0.15, 0.2) is 0 Å². The Hall–Kier alpha value is -0.980. The second-order valence-corrected chi connectivity index (χ2v) is 5.30. The van der Waals surface area contributed by atoms with Crippen molar-refractivity contribution in [3.8, 4) is 0 Å². The van der Waals surface area contributed by atoms with Gasteiger partial charge in [0.25, 0.3) is 0 Å². The predicted octanol–water partition coefficient (Wildman–Crippen LogP) is 1.05. The summed E-state index contributed by atoms with van der Waals surface area (Å²) < 4.78 is 14.8. The van der Waals surface area contributed by atoms with Gasteiger partial charge in [-0.1, -0.05) is 0 Å². The summed E-state index contributed by atoms with van der Waals surface area (Å²) in [6.45, 7) is 5.18. The average Bonchev–Trinajstić information content (AvgIpc) is 2.22. The van der Waals surface area contributed by atoms with Crippen LogP contribution in [0.4, 0.5) is 0 Å². The van der Waals surface area contributed by atoms with Gasteiger partial charge in [-0.25, -0.2) is 0 Å². The normalized spacial score (nSPS) is 13.4. The molecule has 0 aliphatic heterocycles. The van der Waals surface area contributed by atoms with Crippen LogP contribution in [0, 0.1) is 0 Å². The van der Waals surface area contributed by atoms with Gasteiger partial charge in [0.2, 0.25) is 0 Å². The Balaban J connectivity index is 4.07. The van der Waals surface area contributed by atoms with Crippen molar-refractivity contribution in [3.05, 3.63) is 0 Å². The zero-order valence-corrected chi connectivity index (χ0v) is 12.3. The molecule has 0 heterocycles. The number of aliphatic hydroxyl groups is 1. The van der Waals surface area contributed by atoms with Crippen molar-refractivity contribution < 1.29 is 28.9 Å². The number of hydrogen-bond donors (Lipinski definition) is 1. The number of aliphatic hydroxyl groups excluding tert-OH is 1. The van der Waals surface area contributed by atoms with Gasteiger partial charge in [0, 0.05) is 27.1 Å². The summed E-state index contributed by atoms with van der Waals surface area (Å²) in [5.41, 5.74) is -0.618. The quantitative estimate of drug-likeness (QED) is 0.405. The number of hydrogen-bond acceptors (Lipinski definition) is 6. The van der Waals surface area contributed by atoms with Gasteiger partial charge in [0.05, 0.1) is 6.10 Å². The number of ether oxygens (including phenoxy) is 3. The van der Waals surface area contributed by atoms with Gasteiger partial charge in [-0.3, -0.25) is 9.59 Å². The first-order chi connectivity index (χ1) is 8.67. The molecule has 0 saturated carbocycles. The van der Waals surface area contributed by atoms with Crippen molar-refractivity contribution in [1.82, 2.24) is 0 Å². The second-order valence-electron chi connectivity index (χ2n) is 5.30. The Morgan fingerprint density at radius 2 is 1.68 bits per heavy atom. The highest BCUT2D eigenvalue weighted by molar-refractivity contribution is 5.95. The lowest BCUT2D eigenvalue weighted by atomic mass is 10.1. The van der Waals surface area contributed by atoms with Crippen molar-refractivity contribution in [1.29, 1.82) is 0 Å². The first-order valence-corrected chi connectivity index (χ1v) is 6.15. The minimum atomic E-state index is -0.903. The van der Waals surface area contributed by atoms with E-state index >= 15 is 0 Å². The zero-order valence-electron chi connectivity index (χ0n) is 12.3. The SMILES string of the molecule is COC(CC(O)CC(=O)CC(=O)OC(C)(C)C)OC. The predicted molar refractivity (Wildman–Crippen MR) is 68.5 cm³/mol. The van der Waals surface area contributed by atoms with E-state index in [0.717, 1.165) is 0 Å². The standard InChI is InChI=1S/C13H24O6/c1-13(2,3)19-11(16)7-9(14)6-10(15)8-12(17-4)18-5/h10,12,15H,6-8H2,1-5H3. The van der Waals surface area contributed by atoms with Gasteiger partial charge in [-0.05, 0) is 20.8 Å². The van der Waals surface area contributed by atoms with Crippen LogP contribution < -0.4 is 0 Å². The number of esters is 1. The van der Waals surface area contributed by atoms with E-state index in [1.165, 1.54) is 14.2 Å². The van der Waals surface area contributed by atoms with E-state index in [-0.39, 0.29) is 25.0 Å². The number of rotatable bonds is 8. The molecular formula is C13H24O6. The molecule has 0 amide bonds. The topological polar surface area (TPSA) is 82.1 Å². The summed E-state index contributed by atoms with van der Waals surface area (Å²) in [5.74, 6) is -0.951. The highest BCUT2D eigenvalue weighted by Gasteiger charge is 2.21. The lowest BCUT2D eigenvalue weighted by molar-refractivity contribution is -0.156. The third-order valence-corrected chi connectivity index (χ3v) is 2.22. The Labute approximate surface area is 114 Å². The van der Waals surface area contributed by atoms with Crippen LogP contribution in [-0.4, -0.2) is 49.1 Å². The first-order valence-electron chi connectivity index (χ1n) is 6.15. The zero-order chi connectivity index (χ0) is 15.1. The number of carbonyl (C=O) groups is 2. The highest BCUT2D eigenvalue weighted by Crippen LogP contribution is 2.11. The van der Waals surface area contributed by atoms with Gasteiger partial charge >= 0.3 is 5.97 Å². The molecule has 0 aromatic heterocycles. The van der Waals surface area contributed by atoms with Crippen molar-refractivity contribution >= 4 is 11.8 Å². The van der Waals surface area contributed by atoms with E-state index in [4.69, 9.17) is 14.2 Å². The minimum absolute atomic E-state index is 0.123. The number of ketones is 1. The molecule has 0 radical (unpaired) electrons. The van der Waals surface area contributed by atoms with Crippen LogP contribution in [0.25, 0.3) is 0 Å². The molecule has 0 aromatic carbocycles. The van der Waals surface area contributed by atoms with Crippen LogP contribution >= 0.6 is 0 Å². The molecule has 1 atom stereocenters. The molecule has 6 heteroatoms. The van der Waals surface area contributed by atoms with Crippen molar-refractivity contribution in [2.45, 2.75) is 58.0 Å². The molecule has 0 rings (SSSR count). The van der Waals surface area contributed by atoms with Crippen LogP contribution in [0.1, 0.15) is 40.0 Å². The number of methoxy groups -OCH3 is 2. The van der Waals surface area contributed by atoms with Gasteiger partial charge in [0.15, 0.2) is 6.29 Å². The van der Waals surface area contributed by atoms with Crippen LogP contribution in [-0.2, 0) is 23.8 Å². The molecule has 0 saturated heterocycles. The van der Waals surface area contributed by atoms with Gasteiger partial charge in [-0.15, -0.1) is 0 Å². The third-order valence-electron chi connectivity index (χ3n) is 2.22. The maximum Gasteiger partial charge on any atom is 0.313 e. The Bertz CT molecular complexity index is 290. The summed E-state index contributed by atoms with van der Waals surface area (Å²) in [4.78, 5) is 23.0. The smallest absolute Gasteiger partial charge is 0.313 e. The lowest BCUT2D eigenvalue weighted by Crippen LogP contribution is -2.27. The van der Waals surface area contributed by atoms with Crippen LogP contribution in [0.3, 0.4) is 0 Å². The summed E-state index contributed by atoms with van der Waals surface area (Å²) in [6, 6.07) is 0. The fourth-order valence-electron chi connectivity index (χ4n) is 1.47. The number of carbonyl (C=O) groups excluding carboxylic acids is 2. The molecule has 1 unspecified atom stereocenters. The molecule has 6 nitrogen and oxygen atoms in total.